The third kappa shape index (κ3) is 5.39. The molecule has 4 aliphatic rings. The van der Waals surface area contributed by atoms with Crippen molar-refractivity contribution in [3.05, 3.63) is 53.5 Å². The average molecular weight is 504 g/mol. The van der Waals surface area contributed by atoms with Gasteiger partial charge in [0.25, 0.3) is 5.91 Å². The molecule has 2 aromatic rings. The van der Waals surface area contributed by atoms with Crippen molar-refractivity contribution >= 4 is 11.7 Å². The summed E-state index contributed by atoms with van der Waals surface area (Å²) in [6.45, 7) is 8.67. The number of fused-ring (bicyclic) bond motifs is 1. The lowest BCUT2D eigenvalue weighted by Crippen LogP contribution is -2.46. The Balaban J connectivity index is 1.03. The molecule has 0 bridgehead atoms. The largest absolute Gasteiger partial charge is 0.381 e. The monoisotopic (exact) mass is 503 g/mol. The maximum atomic E-state index is 13.4. The molecule has 3 saturated heterocycles. The number of anilines is 1. The highest BCUT2D eigenvalue weighted by Gasteiger charge is 2.40. The Morgan fingerprint density at radius 2 is 1.78 bits per heavy atom. The molecule has 1 N–H and O–H groups in total. The molecule has 1 aromatic heterocycles. The van der Waals surface area contributed by atoms with Crippen LogP contribution in [-0.2, 0) is 4.74 Å². The van der Waals surface area contributed by atoms with Crippen molar-refractivity contribution in [2.24, 2.45) is 17.8 Å². The molecule has 37 heavy (non-hydrogen) atoms. The van der Waals surface area contributed by atoms with Crippen LogP contribution in [0.3, 0.4) is 0 Å². The summed E-state index contributed by atoms with van der Waals surface area (Å²) < 4.78 is 5.64. The Bertz CT molecular complexity index is 1060. The molecule has 1 aromatic carbocycles. The molecule has 7 nitrogen and oxygen atoms in total. The van der Waals surface area contributed by atoms with Crippen LogP contribution in [0.4, 0.5) is 5.82 Å². The second kappa shape index (κ2) is 11.1. The van der Waals surface area contributed by atoms with Crippen LogP contribution >= 0.6 is 0 Å². The van der Waals surface area contributed by atoms with E-state index in [1.165, 1.54) is 31.2 Å². The smallest absolute Gasteiger partial charge is 0.272 e. The van der Waals surface area contributed by atoms with Gasteiger partial charge in [0, 0.05) is 56.2 Å². The molecule has 4 unspecified atom stereocenters. The van der Waals surface area contributed by atoms with E-state index in [9.17, 15) is 4.79 Å². The predicted molar refractivity (Wildman–Crippen MR) is 145 cm³/mol. The fourth-order valence-corrected chi connectivity index (χ4v) is 7.19. The Labute approximate surface area is 221 Å². The van der Waals surface area contributed by atoms with E-state index in [2.05, 4.69) is 50.5 Å². The van der Waals surface area contributed by atoms with E-state index in [0.717, 1.165) is 70.2 Å². The first-order valence-electron chi connectivity index (χ1n) is 14.4. The Kier molecular flexibility index (Phi) is 7.43. The highest BCUT2D eigenvalue weighted by molar-refractivity contribution is 5.94. The molecule has 198 valence electrons. The van der Waals surface area contributed by atoms with Gasteiger partial charge in [0.1, 0.15) is 17.8 Å². The number of piperidine rings is 1. The van der Waals surface area contributed by atoms with E-state index >= 15 is 0 Å². The maximum absolute atomic E-state index is 13.4. The van der Waals surface area contributed by atoms with Crippen molar-refractivity contribution < 1.29 is 9.53 Å². The van der Waals surface area contributed by atoms with Gasteiger partial charge in [0.05, 0.1) is 13.2 Å². The van der Waals surface area contributed by atoms with Crippen LogP contribution in [0.15, 0.2) is 36.7 Å². The molecule has 1 aliphatic carbocycles. The van der Waals surface area contributed by atoms with Gasteiger partial charge in [0.2, 0.25) is 0 Å². The van der Waals surface area contributed by atoms with E-state index in [1.54, 1.807) is 6.33 Å². The van der Waals surface area contributed by atoms with Gasteiger partial charge < -0.3 is 15.0 Å². The highest BCUT2D eigenvalue weighted by atomic mass is 16.5. The number of benzene rings is 1. The number of carbonyl (C=O) groups is 1. The van der Waals surface area contributed by atoms with Crippen molar-refractivity contribution in [3.8, 4) is 0 Å². The van der Waals surface area contributed by atoms with Crippen LogP contribution in [0.1, 0.15) is 66.1 Å². The summed E-state index contributed by atoms with van der Waals surface area (Å²) in [4.78, 5) is 27.0. The fourth-order valence-electron chi connectivity index (χ4n) is 7.19. The third-order valence-electron chi connectivity index (χ3n) is 9.44. The minimum absolute atomic E-state index is 0.0508. The fraction of sp³-hybridized carbons (Fsp3) is 0.633. The summed E-state index contributed by atoms with van der Waals surface area (Å²) in [7, 11) is 0. The Morgan fingerprint density at radius 3 is 2.54 bits per heavy atom. The molecule has 7 heteroatoms. The molecular weight excluding hydrogens is 462 g/mol. The van der Waals surface area contributed by atoms with Crippen molar-refractivity contribution in [1.29, 1.82) is 0 Å². The Hall–Kier alpha value is -2.51. The number of ether oxygens (including phenoxy) is 1. The minimum Gasteiger partial charge on any atom is -0.381 e. The summed E-state index contributed by atoms with van der Waals surface area (Å²) >= 11 is 0. The van der Waals surface area contributed by atoms with Crippen molar-refractivity contribution in [3.63, 3.8) is 0 Å². The van der Waals surface area contributed by atoms with Gasteiger partial charge in [-0.15, -0.1) is 0 Å². The van der Waals surface area contributed by atoms with E-state index in [-0.39, 0.29) is 5.91 Å². The maximum Gasteiger partial charge on any atom is 0.272 e. The molecule has 6 rings (SSSR count). The van der Waals surface area contributed by atoms with Crippen LogP contribution in [0.25, 0.3) is 0 Å². The number of nitrogens with one attached hydrogen (secondary N) is 1. The lowest BCUT2D eigenvalue weighted by atomic mass is 9.78. The summed E-state index contributed by atoms with van der Waals surface area (Å²) in [6, 6.07) is 11.5. The van der Waals surface area contributed by atoms with Gasteiger partial charge >= 0.3 is 0 Å². The minimum atomic E-state index is 0.0508. The molecule has 1 amide bonds. The van der Waals surface area contributed by atoms with Gasteiger partial charge in [-0.3, -0.25) is 9.69 Å². The standard InChI is InChI=1S/C30H41N5O2/c1-21-28(30(36)34-12-10-27(11-13-34)35-16-25-18-37-19-26(25)17-35)32-20-33-29(21)31-15-22-6-5-9-24(14-22)23-7-3-2-4-8-23/h2-4,7-8,20,22,24-27H,5-6,9-19H2,1H3,(H,31,32,33). The molecule has 4 fully saturated rings. The Morgan fingerprint density at radius 1 is 1.03 bits per heavy atom. The second-order valence-electron chi connectivity index (χ2n) is 11.8. The summed E-state index contributed by atoms with van der Waals surface area (Å²) in [5.74, 6) is 3.54. The van der Waals surface area contributed by atoms with E-state index in [4.69, 9.17) is 4.74 Å². The molecule has 0 radical (unpaired) electrons. The molecule has 4 atom stereocenters. The molecule has 1 saturated carbocycles. The zero-order chi connectivity index (χ0) is 25.2. The van der Waals surface area contributed by atoms with Crippen molar-refractivity contribution in [2.75, 3.05) is 51.3 Å². The average Bonchev–Trinajstić information content (AvgIpc) is 3.56. The van der Waals surface area contributed by atoms with E-state index in [0.29, 0.717) is 35.4 Å². The predicted octanol–water partition coefficient (Wildman–Crippen LogP) is 4.35. The molecule has 3 aliphatic heterocycles. The van der Waals surface area contributed by atoms with Crippen LogP contribution < -0.4 is 5.32 Å². The van der Waals surface area contributed by atoms with Crippen molar-refractivity contribution in [2.45, 2.75) is 57.4 Å². The first-order valence-corrected chi connectivity index (χ1v) is 14.4. The first kappa shape index (κ1) is 24.8. The lowest BCUT2D eigenvalue weighted by Gasteiger charge is -2.37. The van der Waals surface area contributed by atoms with Crippen LogP contribution in [-0.4, -0.2) is 77.7 Å². The summed E-state index contributed by atoms with van der Waals surface area (Å²) in [5, 5.41) is 3.58. The number of carbonyl (C=O) groups excluding carboxylic acids is 1. The summed E-state index contributed by atoms with van der Waals surface area (Å²) in [5.41, 5.74) is 2.88. The topological polar surface area (TPSA) is 70.6 Å². The van der Waals surface area contributed by atoms with Gasteiger partial charge in [-0.25, -0.2) is 9.97 Å². The van der Waals surface area contributed by atoms with Crippen LogP contribution in [0.5, 0.6) is 0 Å². The van der Waals surface area contributed by atoms with Crippen LogP contribution in [0.2, 0.25) is 0 Å². The van der Waals surface area contributed by atoms with Crippen LogP contribution in [0, 0.1) is 24.7 Å². The number of rotatable bonds is 6. The van der Waals surface area contributed by atoms with E-state index in [1.807, 2.05) is 11.8 Å². The number of hydrogen-bond acceptors (Lipinski definition) is 6. The van der Waals surface area contributed by atoms with Gasteiger partial charge in [-0.2, -0.15) is 0 Å². The quantitative estimate of drug-likeness (QED) is 0.632. The molecule has 4 heterocycles. The van der Waals surface area contributed by atoms with Crippen molar-refractivity contribution in [1.82, 2.24) is 19.8 Å². The first-order chi connectivity index (χ1) is 18.2. The zero-order valence-electron chi connectivity index (χ0n) is 22.1. The summed E-state index contributed by atoms with van der Waals surface area (Å²) in [6.07, 6.45) is 8.63. The SMILES string of the molecule is Cc1c(NCC2CCCC(c3ccccc3)C2)ncnc1C(=O)N1CCC(N2CC3COCC3C2)CC1. The van der Waals surface area contributed by atoms with E-state index < -0.39 is 0 Å². The number of nitrogens with zero attached hydrogens (tertiary/aromatic N) is 4. The number of likely N-dealkylation sites (tertiary alicyclic amines) is 2. The molecular formula is C30H41N5O2. The number of aromatic nitrogens is 2. The lowest BCUT2D eigenvalue weighted by molar-refractivity contribution is 0.0612. The number of amides is 1. The highest BCUT2D eigenvalue weighted by Crippen LogP contribution is 2.36. The zero-order valence-corrected chi connectivity index (χ0v) is 22.1. The van der Waals surface area contributed by atoms with Gasteiger partial charge in [0.15, 0.2) is 0 Å². The van der Waals surface area contributed by atoms with Gasteiger partial charge in [-0.05, 0) is 56.4 Å². The second-order valence-corrected chi connectivity index (χ2v) is 11.8. The third-order valence-corrected chi connectivity index (χ3v) is 9.44. The molecule has 0 spiro atoms. The normalized spacial score (nSPS) is 28.8. The van der Waals surface area contributed by atoms with Gasteiger partial charge in [-0.1, -0.05) is 36.8 Å². The number of hydrogen-bond donors (Lipinski definition) is 1.